The Morgan fingerprint density at radius 3 is 2.18 bits per heavy atom. The number of amides is 2. The summed E-state index contributed by atoms with van der Waals surface area (Å²) in [5, 5.41) is 5.09. The molecule has 2 aliphatic rings. The monoisotopic (exact) mass is 332 g/mol. The molecule has 2 aliphatic heterocycles. The zero-order valence-electron chi connectivity index (χ0n) is 12.5. The fourth-order valence-corrected chi connectivity index (χ4v) is 2.78. The summed E-state index contributed by atoms with van der Waals surface area (Å²) in [6.07, 6.45) is 1.98. The highest BCUT2D eigenvalue weighted by Crippen LogP contribution is 2.09. The molecule has 0 spiro atoms. The van der Waals surface area contributed by atoms with Crippen LogP contribution < -0.4 is 10.6 Å². The highest BCUT2D eigenvalue weighted by atomic mass is 32.2. The van der Waals surface area contributed by atoms with Crippen molar-refractivity contribution in [2.75, 3.05) is 25.7 Å². The molecule has 124 valence electrons. The van der Waals surface area contributed by atoms with Gasteiger partial charge < -0.3 is 20.1 Å². The van der Waals surface area contributed by atoms with E-state index in [4.69, 9.17) is 0 Å². The first kappa shape index (κ1) is 18.3. The Kier molecular flexibility index (Phi) is 7.72. The van der Waals surface area contributed by atoms with Gasteiger partial charge in [-0.2, -0.15) is 0 Å². The summed E-state index contributed by atoms with van der Waals surface area (Å²) in [5.74, 6) is 0.165. The first-order chi connectivity index (χ1) is 10.5. The predicted octanol–water partition coefficient (Wildman–Crippen LogP) is -0.781. The Balaban J connectivity index is 0.000000220. The van der Waals surface area contributed by atoms with Crippen molar-refractivity contribution in [2.24, 2.45) is 0 Å². The van der Waals surface area contributed by atoms with Crippen LogP contribution in [0, 0.1) is 0 Å². The summed E-state index contributed by atoms with van der Waals surface area (Å²) in [6, 6.07) is -0.868. The second kappa shape index (κ2) is 9.29. The quantitative estimate of drug-likeness (QED) is 0.638. The van der Waals surface area contributed by atoms with E-state index in [0.717, 1.165) is 6.42 Å². The predicted molar refractivity (Wildman–Crippen MR) is 79.1 cm³/mol. The molecule has 9 heteroatoms. The van der Waals surface area contributed by atoms with E-state index in [1.165, 1.54) is 26.0 Å². The molecule has 2 rings (SSSR count). The molecule has 2 atom stereocenters. The second-order valence-electron chi connectivity index (χ2n) is 4.69. The van der Waals surface area contributed by atoms with Gasteiger partial charge in [0.05, 0.1) is 20.0 Å². The van der Waals surface area contributed by atoms with E-state index in [9.17, 15) is 19.2 Å². The molecule has 0 aromatic heterocycles. The number of hydrogen-bond acceptors (Lipinski definition) is 7. The molecular formula is C13H20N2O6S. The third-order valence-corrected chi connectivity index (χ3v) is 4.09. The number of rotatable bonds is 2. The van der Waals surface area contributed by atoms with Crippen molar-refractivity contribution in [3.05, 3.63) is 0 Å². The molecule has 2 unspecified atom stereocenters. The molecule has 0 aromatic carbocycles. The largest absolute Gasteiger partial charge is 0.467 e. The van der Waals surface area contributed by atoms with Gasteiger partial charge in [-0.15, -0.1) is 11.8 Å². The van der Waals surface area contributed by atoms with Gasteiger partial charge in [0.2, 0.25) is 11.8 Å². The Bertz CT molecular complexity index is 402. The summed E-state index contributed by atoms with van der Waals surface area (Å²) in [4.78, 5) is 43.3. The lowest BCUT2D eigenvalue weighted by atomic mass is 10.1. The van der Waals surface area contributed by atoms with Gasteiger partial charge >= 0.3 is 11.9 Å². The molecule has 0 aliphatic carbocycles. The van der Waals surface area contributed by atoms with E-state index < -0.39 is 12.1 Å². The van der Waals surface area contributed by atoms with Gasteiger partial charge in [-0.3, -0.25) is 9.59 Å². The smallest absolute Gasteiger partial charge is 0.329 e. The molecule has 0 radical (unpaired) electrons. The maximum atomic E-state index is 10.9. The number of esters is 2. The van der Waals surface area contributed by atoms with Crippen molar-refractivity contribution < 1.29 is 28.7 Å². The maximum Gasteiger partial charge on any atom is 0.329 e. The SMILES string of the molecule is COC(=O)C1CCCC(=O)N1.COC(=O)C1CSCC(=O)N1. The van der Waals surface area contributed by atoms with Gasteiger partial charge in [0.1, 0.15) is 12.1 Å². The first-order valence-corrected chi connectivity index (χ1v) is 7.95. The molecule has 0 aromatic rings. The zero-order valence-corrected chi connectivity index (χ0v) is 13.4. The van der Waals surface area contributed by atoms with E-state index in [0.29, 0.717) is 24.3 Å². The Hall–Kier alpha value is -1.77. The van der Waals surface area contributed by atoms with Crippen molar-refractivity contribution in [1.29, 1.82) is 0 Å². The van der Waals surface area contributed by atoms with Crippen LogP contribution in [0.1, 0.15) is 19.3 Å². The fraction of sp³-hybridized carbons (Fsp3) is 0.692. The number of carbonyl (C=O) groups excluding carboxylic acids is 4. The normalized spacial score (nSPS) is 24.1. The van der Waals surface area contributed by atoms with Crippen molar-refractivity contribution in [3.63, 3.8) is 0 Å². The van der Waals surface area contributed by atoms with Crippen LogP contribution in [-0.2, 0) is 28.7 Å². The third kappa shape index (κ3) is 5.92. The van der Waals surface area contributed by atoms with Gasteiger partial charge in [0.15, 0.2) is 0 Å². The van der Waals surface area contributed by atoms with Crippen LogP contribution in [0.15, 0.2) is 0 Å². The lowest BCUT2D eigenvalue weighted by molar-refractivity contribution is -0.146. The van der Waals surface area contributed by atoms with Gasteiger partial charge in [0.25, 0.3) is 0 Å². The third-order valence-electron chi connectivity index (χ3n) is 3.06. The van der Waals surface area contributed by atoms with Crippen LogP contribution in [-0.4, -0.2) is 61.6 Å². The summed E-state index contributed by atoms with van der Waals surface area (Å²) in [7, 11) is 2.64. The minimum absolute atomic E-state index is 0.0633. The highest BCUT2D eigenvalue weighted by molar-refractivity contribution is 8.00. The van der Waals surface area contributed by atoms with Crippen molar-refractivity contribution in [1.82, 2.24) is 10.6 Å². The van der Waals surface area contributed by atoms with Crippen molar-refractivity contribution in [3.8, 4) is 0 Å². The number of piperidine rings is 1. The highest BCUT2D eigenvalue weighted by Gasteiger charge is 2.25. The standard InChI is InChI=1S/C7H11NO3.C6H9NO3S/c1-11-7(10)5-3-2-4-6(9)8-5;1-10-6(9)4-2-11-3-5(8)7-4/h5H,2-4H2,1H3,(H,8,9);4H,2-3H2,1H3,(H,7,8). The van der Waals surface area contributed by atoms with Crippen molar-refractivity contribution >= 4 is 35.5 Å². The van der Waals surface area contributed by atoms with Crippen LogP contribution in [0.2, 0.25) is 0 Å². The molecule has 0 saturated carbocycles. The molecule has 2 amide bonds. The van der Waals surface area contributed by atoms with Gasteiger partial charge in [-0.25, -0.2) is 9.59 Å². The van der Waals surface area contributed by atoms with Gasteiger partial charge in [-0.1, -0.05) is 0 Å². The molecule has 2 heterocycles. The van der Waals surface area contributed by atoms with Crippen molar-refractivity contribution in [2.45, 2.75) is 31.3 Å². The van der Waals surface area contributed by atoms with E-state index >= 15 is 0 Å². The fourth-order valence-electron chi connectivity index (χ4n) is 1.94. The number of carbonyl (C=O) groups is 4. The minimum atomic E-state index is -0.453. The average Bonchev–Trinajstić information content (AvgIpc) is 2.54. The molecule has 0 bridgehead atoms. The van der Waals surface area contributed by atoms with Crippen LogP contribution in [0.3, 0.4) is 0 Å². The molecule has 2 saturated heterocycles. The van der Waals surface area contributed by atoms with Crippen LogP contribution in [0.25, 0.3) is 0 Å². The van der Waals surface area contributed by atoms with Crippen LogP contribution in [0.5, 0.6) is 0 Å². The van der Waals surface area contributed by atoms with Crippen LogP contribution >= 0.6 is 11.8 Å². The topological polar surface area (TPSA) is 111 Å². The van der Waals surface area contributed by atoms with E-state index in [1.807, 2.05) is 0 Å². The number of hydrogen-bond donors (Lipinski definition) is 2. The molecule has 22 heavy (non-hydrogen) atoms. The maximum absolute atomic E-state index is 10.9. The zero-order chi connectivity index (χ0) is 16.5. The van der Waals surface area contributed by atoms with E-state index in [1.54, 1.807) is 0 Å². The summed E-state index contributed by atoms with van der Waals surface area (Å²) < 4.78 is 8.96. The number of ether oxygens (including phenoxy) is 2. The van der Waals surface area contributed by atoms with E-state index in [-0.39, 0.29) is 23.8 Å². The summed E-state index contributed by atoms with van der Waals surface area (Å²) in [6.45, 7) is 0. The minimum Gasteiger partial charge on any atom is -0.467 e. The van der Waals surface area contributed by atoms with Gasteiger partial charge in [0, 0.05) is 12.2 Å². The van der Waals surface area contributed by atoms with Crippen LogP contribution in [0.4, 0.5) is 0 Å². The lowest BCUT2D eigenvalue weighted by Gasteiger charge is -2.20. The molecular weight excluding hydrogens is 312 g/mol. The Morgan fingerprint density at radius 2 is 1.64 bits per heavy atom. The lowest BCUT2D eigenvalue weighted by Crippen LogP contribution is -2.47. The summed E-state index contributed by atoms with van der Waals surface area (Å²) in [5.41, 5.74) is 0. The Morgan fingerprint density at radius 1 is 1.05 bits per heavy atom. The second-order valence-corrected chi connectivity index (χ2v) is 5.72. The number of thioether (sulfide) groups is 1. The molecule has 8 nitrogen and oxygen atoms in total. The summed E-state index contributed by atoms with van der Waals surface area (Å²) >= 11 is 1.44. The first-order valence-electron chi connectivity index (χ1n) is 6.80. The number of methoxy groups -OCH3 is 2. The Labute approximate surface area is 132 Å². The number of nitrogens with one attached hydrogen (secondary N) is 2. The average molecular weight is 332 g/mol. The molecule has 2 fully saturated rings. The molecule has 2 N–H and O–H groups in total. The van der Waals surface area contributed by atoms with E-state index in [2.05, 4.69) is 20.1 Å². The van der Waals surface area contributed by atoms with Gasteiger partial charge in [-0.05, 0) is 12.8 Å².